The second-order valence-electron chi connectivity index (χ2n) is 4.15. The molecule has 0 saturated carbocycles. The lowest BCUT2D eigenvalue weighted by Gasteiger charge is -2.19. The van der Waals surface area contributed by atoms with Crippen molar-refractivity contribution in [3.8, 4) is 0 Å². The summed E-state index contributed by atoms with van der Waals surface area (Å²) in [5, 5.41) is 3.94. The Kier molecular flexibility index (Phi) is 4.47. The van der Waals surface area contributed by atoms with Crippen LogP contribution in [0, 0.1) is 0 Å². The molecule has 2 heterocycles. The fourth-order valence-electron chi connectivity index (χ4n) is 1.87. The van der Waals surface area contributed by atoms with E-state index < -0.39 is 0 Å². The molecule has 1 saturated heterocycles. The molecule has 17 heavy (non-hydrogen) atoms. The fourth-order valence-corrected chi connectivity index (χ4v) is 1.87. The number of hydrogen-bond acceptors (Lipinski definition) is 6. The van der Waals surface area contributed by atoms with Crippen LogP contribution in [0.5, 0.6) is 0 Å². The summed E-state index contributed by atoms with van der Waals surface area (Å²) in [7, 11) is 0. The van der Waals surface area contributed by atoms with Gasteiger partial charge in [0.25, 0.3) is 0 Å². The van der Waals surface area contributed by atoms with Gasteiger partial charge in [0.2, 0.25) is 11.7 Å². The minimum atomic E-state index is -0.207. The van der Waals surface area contributed by atoms with Crippen molar-refractivity contribution >= 4 is 0 Å². The van der Waals surface area contributed by atoms with E-state index in [1.54, 1.807) is 0 Å². The minimum Gasteiger partial charge on any atom is -0.376 e. The van der Waals surface area contributed by atoms with Crippen molar-refractivity contribution in [1.82, 2.24) is 10.1 Å². The largest absolute Gasteiger partial charge is 0.376 e. The van der Waals surface area contributed by atoms with Crippen LogP contribution in [-0.4, -0.2) is 36.5 Å². The average Bonchev–Trinajstić information content (AvgIpc) is 2.86. The molecular formula is C11H19N3O3. The fraction of sp³-hybridized carbons (Fsp3) is 0.818. The first-order valence-electron chi connectivity index (χ1n) is 6.08. The quantitative estimate of drug-likeness (QED) is 0.828. The van der Waals surface area contributed by atoms with Gasteiger partial charge >= 0.3 is 0 Å². The summed E-state index contributed by atoms with van der Waals surface area (Å²) in [4.78, 5) is 4.36. The van der Waals surface area contributed by atoms with Gasteiger partial charge in [-0.1, -0.05) is 18.5 Å². The van der Waals surface area contributed by atoms with Crippen molar-refractivity contribution in [2.45, 2.75) is 31.8 Å². The van der Waals surface area contributed by atoms with E-state index in [1.807, 2.05) is 0 Å². The number of aromatic nitrogens is 2. The molecule has 1 aliphatic heterocycles. The molecule has 1 aromatic rings. The second-order valence-corrected chi connectivity index (χ2v) is 4.15. The lowest BCUT2D eigenvalue weighted by atomic mass is 10.0. The molecule has 2 rings (SSSR count). The molecule has 0 aromatic carbocycles. The van der Waals surface area contributed by atoms with Gasteiger partial charge in [-0.25, -0.2) is 0 Å². The Bertz CT molecular complexity index is 317. The zero-order valence-electron chi connectivity index (χ0n) is 10.1. The summed E-state index contributed by atoms with van der Waals surface area (Å²) in [6, 6.07) is 0. The highest BCUT2D eigenvalue weighted by molar-refractivity contribution is 4.97. The van der Waals surface area contributed by atoms with E-state index in [0.29, 0.717) is 38.1 Å². The van der Waals surface area contributed by atoms with Gasteiger partial charge in [-0.15, -0.1) is 0 Å². The highest BCUT2D eigenvalue weighted by Crippen LogP contribution is 2.22. The maximum atomic E-state index is 5.69. The standard InChI is InChI=1S/C11H19N3O3/c1-2-3-8(6-12)11-13-10(14-17-11)9-7-15-4-5-16-9/h8-9H,2-7,12H2,1H3. The molecular weight excluding hydrogens is 222 g/mol. The first-order chi connectivity index (χ1) is 8.35. The van der Waals surface area contributed by atoms with Crippen LogP contribution in [0.4, 0.5) is 0 Å². The Morgan fingerprint density at radius 3 is 3.00 bits per heavy atom. The molecule has 2 atom stereocenters. The number of nitrogens with zero attached hydrogens (tertiary/aromatic N) is 2. The Hall–Kier alpha value is -0.980. The zero-order chi connectivity index (χ0) is 12.1. The van der Waals surface area contributed by atoms with Crippen LogP contribution in [0.2, 0.25) is 0 Å². The summed E-state index contributed by atoms with van der Waals surface area (Å²) < 4.78 is 16.1. The normalized spacial score (nSPS) is 22.6. The third kappa shape index (κ3) is 3.02. The molecule has 2 unspecified atom stereocenters. The van der Waals surface area contributed by atoms with Crippen molar-refractivity contribution in [3.05, 3.63) is 11.7 Å². The highest BCUT2D eigenvalue weighted by Gasteiger charge is 2.24. The molecule has 1 aromatic heterocycles. The Morgan fingerprint density at radius 1 is 1.47 bits per heavy atom. The van der Waals surface area contributed by atoms with E-state index in [2.05, 4.69) is 17.1 Å². The molecule has 0 aliphatic carbocycles. The Balaban J connectivity index is 2.03. The SMILES string of the molecule is CCCC(CN)c1nc(C2COCCO2)no1. The molecule has 96 valence electrons. The van der Waals surface area contributed by atoms with Gasteiger partial charge in [-0.2, -0.15) is 4.98 Å². The summed E-state index contributed by atoms with van der Waals surface area (Å²) in [5.41, 5.74) is 5.69. The van der Waals surface area contributed by atoms with Crippen LogP contribution >= 0.6 is 0 Å². The van der Waals surface area contributed by atoms with E-state index in [4.69, 9.17) is 19.7 Å². The summed E-state index contributed by atoms with van der Waals surface area (Å²) in [5.74, 6) is 1.32. The predicted molar refractivity (Wildman–Crippen MR) is 60.5 cm³/mol. The van der Waals surface area contributed by atoms with Gasteiger partial charge in [0.1, 0.15) is 6.10 Å². The summed E-state index contributed by atoms with van der Waals surface area (Å²) in [6.07, 6.45) is 1.80. The molecule has 1 fully saturated rings. The topological polar surface area (TPSA) is 83.4 Å². The monoisotopic (exact) mass is 241 g/mol. The van der Waals surface area contributed by atoms with E-state index in [1.165, 1.54) is 0 Å². The third-order valence-corrected chi connectivity index (χ3v) is 2.83. The van der Waals surface area contributed by atoms with Gasteiger partial charge in [-0.05, 0) is 6.42 Å². The van der Waals surface area contributed by atoms with Crippen molar-refractivity contribution in [2.75, 3.05) is 26.4 Å². The minimum absolute atomic E-state index is 0.144. The zero-order valence-corrected chi connectivity index (χ0v) is 10.1. The van der Waals surface area contributed by atoms with Crippen molar-refractivity contribution in [3.63, 3.8) is 0 Å². The lowest BCUT2D eigenvalue weighted by Crippen LogP contribution is -2.23. The first kappa shape index (κ1) is 12.5. The molecule has 0 bridgehead atoms. The van der Waals surface area contributed by atoms with Gasteiger partial charge in [-0.3, -0.25) is 0 Å². The van der Waals surface area contributed by atoms with Crippen LogP contribution < -0.4 is 5.73 Å². The number of ether oxygens (including phenoxy) is 2. The molecule has 0 radical (unpaired) electrons. The van der Waals surface area contributed by atoms with Crippen LogP contribution in [0.25, 0.3) is 0 Å². The molecule has 0 spiro atoms. The van der Waals surface area contributed by atoms with Gasteiger partial charge < -0.3 is 19.7 Å². The van der Waals surface area contributed by atoms with Gasteiger partial charge in [0, 0.05) is 6.54 Å². The number of rotatable bonds is 5. The van der Waals surface area contributed by atoms with Crippen molar-refractivity contribution < 1.29 is 14.0 Å². The average molecular weight is 241 g/mol. The molecule has 6 nitrogen and oxygen atoms in total. The molecule has 6 heteroatoms. The second kappa shape index (κ2) is 6.09. The van der Waals surface area contributed by atoms with Crippen LogP contribution in [0.3, 0.4) is 0 Å². The van der Waals surface area contributed by atoms with Crippen molar-refractivity contribution in [1.29, 1.82) is 0 Å². The van der Waals surface area contributed by atoms with E-state index in [9.17, 15) is 0 Å². The highest BCUT2D eigenvalue weighted by atomic mass is 16.6. The molecule has 0 amide bonds. The summed E-state index contributed by atoms with van der Waals surface area (Å²) >= 11 is 0. The Labute approximate surface area is 100 Å². The van der Waals surface area contributed by atoms with Crippen LogP contribution in [0.15, 0.2) is 4.52 Å². The van der Waals surface area contributed by atoms with E-state index in [0.717, 1.165) is 12.8 Å². The maximum absolute atomic E-state index is 5.69. The van der Waals surface area contributed by atoms with Crippen molar-refractivity contribution in [2.24, 2.45) is 5.73 Å². The number of hydrogen-bond donors (Lipinski definition) is 1. The lowest BCUT2D eigenvalue weighted by molar-refractivity contribution is -0.0941. The number of nitrogens with two attached hydrogens (primary N) is 1. The third-order valence-electron chi connectivity index (χ3n) is 2.83. The van der Waals surface area contributed by atoms with E-state index >= 15 is 0 Å². The maximum Gasteiger partial charge on any atom is 0.231 e. The summed E-state index contributed by atoms with van der Waals surface area (Å²) in [6.45, 7) is 4.32. The Morgan fingerprint density at radius 2 is 2.35 bits per heavy atom. The first-order valence-corrected chi connectivity index (χ1v) is 6.08. The van der Waals surface area contributed by atoms with Crippen LogP contribution in [0.1, 0.15) is 43.5 Å². The molecule has 2 N–H and O–H groups in total. The van der Waals surface area contributed by atoms with E-state index in [-0.39, 0.29) is 12.0 Å². The van der Waals surface area contributed by atoms with Gasteiger partial charge in [0.05, 0.1) is 25.7 Å². The molecule has 1 aliphatic rings. The predicted octanol–water partition coefficient (Wildman–Crippen LogP) is 1.000. The van der Waals surface area contributed by atoms with Crippen LogP contribution in [-0.2, 0) is 9.47 Å². The van der Waals surface area contributed by atoms with Gasteiger partial charge in [0.15, 0.2) is 0 Å². The smallest absolute Gasteiger partial charge is 0.231 e.